The molecular formula is C21H19F3N2O3S. The molecule has 2 aromatic carbocycles. The molecule has 5 nitrogen and oxygen atoms in total. The molecule has 0 radical (unpaired) electrons. The van der Waals surface area contributed by atoms with Crippen LogP contribution in [0, 0.1) is 6.92 Å². The number of methoxy groups -OCH3 is 2. The number of halogens is 3. The number of carbonyl (C=O) groups excluding carboxylic acids is 1. The minimum absolute atomic E-state index is 0.270. The zero-order valence-electron chi connectivity index (χ0n) is 16.5. The van der Waals surface area contributed by atoms with Gasteiger partial charge in [0.05, 0.1) is 25.5 Å². The molecule has 0 aliphatic heterocycles. The smallest absolute Gasteiger partial charge is 0.416 e. The molecule has 0 atom stereocenters. The van der Waals surface area contributed by atoms with Crippen LogP contribution in [0.3, 0.4) is 0 Å². The minimum Gasteiger partial charge on any atom is -0.493 e. The highest BCUT2D eigenvalue weighted by atomic mass is 32.1. The lowest BCUT2D eigenvalue weighted by Gasteiger charge is -2.10. The normalized spacial score (nSPS) is 11.3. The predicted octanol–water partition coefficient (Wildman–Crippen LogP) is 5.08. The Morgan fingerprint density at radius 3 is 2.33 bits per heavy atom. The fraction of sp³-hybridized carbons (Fsp3) is 0.238. The lowest BCUT2D eigenvalue weighted by atomic mass is 10.1. The third kappa shape index (κ3) is 4.73. The fourth-order valence-electron chi connectivity index (χ4n) is 2.79. The van der Waals surface area contributed by atoms with Gasteiger partial charge in [0.15, 0.2) is 11.5 Å². The Balaban J connectivity index is 1.73. The van der Waals surface area contributed by atoms with E-state index in [0.29, 0.717) is 32.6 Å². The largest absolute Gasteiger partial charge is 0.493 e. The van der Waals surface area contributed by atoms with Crippen LogP contribution in [0.15, 0.2) is 42.5 Å². The second-order valence-corrected chi connectivity index (χ2v) is 7.38. The molecule has 1 aromatic heterocycles. The van der Waals surface area contributed by atoms with Crippen molar-refractivity contribution < 1.29 is 27.4 Å². The van der Waals surface area contributed by atoms with Crippen molar-refractivity contribution in [2.45, 2.75) is 19.6 Å². The van der Waals surface area contributed by atoms with Crippen LogP contribution in [-0.2, 0) is 12.7 Å². The molecular weight excluding hydrogens is 417 g/mol. The molecule has 9 heteroatoms. The Bertz CT molecular complexity index is 1050. The Morgan fingerprint density at radius 1 is 1.07 bits per heavy atom. The van der Waals surface area contributed by atoms with Gasteiger partial charge in [-0.2, -0.15) is 13.2 Å². The number of ether oxygens (including phenoxy) is 2. The Kier molecular flexibility index (Phi) is 6.31. The number of aryl methyl sites for hydroxylation is 1. The van der Waals surface area contributed by atoms with Crippen LogP contribution in [0.4, 0.5) is 13.2 Å². The lowest BCUT2D eigenvalue weighted by molar-refractivity contribution is -0.137. The number of alkyl halides is 3. The molecule has 1 heterocycles. The number of thiazole rings is 1. The van der Waals surface area contributed by atoms with Gasteiger partial charge in [0.25, 0.3) is 5.91 Å². The number of hydrogen-bond acceptors (Lipinski definition) is 5. The average Bonchev–Trinajstić information content (AvgIpc) is 3.13. The molecule has 0 saturated heterocycles. The van der Waals surface area contributed by atoms with Gasteiger partial charge in [-0.05, 0) is 36.8 Å². The van der Waals surface area contributed by atoms with E-state index in [1.165, 1.54) is 19.2 Å². The van der Waals surface area contributed by atoms with Gasteiger partial charge in [-0.3, -0.25) is 4.79 Å². The van der Waals surface area contributed by atoms with Gasteiger partial charge in [-0.1, -0.05) is 18.2 Å². The standard InChI is InChI=1S/C21H19F3N2O3S/c1-12-18(19(27)25-11-13-4-9-16(28-2)17(10-13)29-3)30-20(26-12)14-5-7-15(8-6-14)21(22,23)24/h4-10H,11H2,1-3H3,(H,25,27). The summed E-state index contributed by atoms with van der Waals surface area (Å²) in [6, 6.07) is 10.0. The van der Waals surface area contributed by atoms with Crippen LogP contribution in [-0.4, -0.2) is 25.1 Å². The Labute approximate surface area is 175 Å². The van der Waals surface area contributed by atoms with E-state index in [-0.39, 0.29) is 12.5 Å². The molecule has 0 aliphatic carbocycles. The van der Waals surface area contributed by atoms with E-state index >= 15 is 0 Å². The van der Waals surface area contributed by atoms with Crippen molar-refractivity contribution in [1.29, 1.82) is 0 Å². The monoisotopic (exact) mass is 436 g/mol. The highest BCUT2D eigenvalue weighted by molar-refractivity contribution is 7.17. The summed E-state index contributed by atoms with van der Waals surface area (Å²) in [4.78, 5) is 17.3. The van der Waals surface area contributed by atoms with Crippen LogP contribution in [0.5, 0.6) is 11.5 Å². The third-order valence-corrected chi connectivity index (χ3v) is 5.57. The van der Waals surface area contributed by atoms with Crippen LogP contribution < -0.4 is 14.8 Å². The molecule has 0 bridgehead atoms. The average molecular weight is 436 g/mol. The number of aromatic nitrogens is 1. The second-order valence-electron chi connectivity index (χ2n) is 6.38. The molecule has 0 aliphatic rings. The van der Waals surface area contributed by atoms with Crippen molar-refractivity contribution in [1.82, 2.24) is 10.3 Å². The van der Waals surface area contributed by atoms with E-state index in [1.807, 2.05) is 6.07 Å². The fourth-order valence-corrected chi connectivity index (χ4v) is 3.77. The summed E-state index contributed by atoms with van der Waals surface area (Å²) in [5.41, 5.74) is 1.13. The first kappa shape index (κ1) is 21.6. The van der Waals surface area contributed by atoms with Crippen LogP contribution >= 0.6 is 11.3 Å². The SMILES string of the molecule is COc1ccc(CNC(=O)c2sc(-c3ccc(C(F)(F)F)cc3)nc2C)cc1OC. The van der Waals surface area contributed by atoms with E-state index in [9.17, 15) is 18.0 Å². The van der Waals surface area contributed by atoms with Crippen molar-refractivity contribution >= 4 is 17.2 Å². The maximum absolute atomic E-state index is 12.7. The van der Waals surface area contributed by atoms with Crippen molar-refractivity contribution in [2.24, 2.45) is 0 Å². The quantitative estimate of drug-likeness (QED) is 0.585. The molecule has 30 heavy (non-hydrogen) atoms. The maximum atomic E-state index is 12.7. The summed E-state index contributed by atoms with van der Waals surface area (Å²) in [6.07, 6.45) is -4.40. The number of benzene rings is 2. The van der Waals surface area contributed by atoms with Crippen molar-refractivity contribution in [2.75, 3.05) is 14.2 Å². The maximum Gasteiger partial charge on any atom is 0.416 e. The highest BCUT2D eigenvalue weighted by Crippen LogP contribution is 2.33. The van der Waals surface area contributed by atoms with Gasteiger partial charge < -0.3 is 14.8 Å². The van der Waals surface area contributed by atoms with Crippen LogP contribution in [0.25, 0.3) is 10.6 Å². The topological polar surface area (TPSA) is 60.5 Å². The van der Waals surface area contributed by atoms with Gasteiger partial charge in [-0.25, -0.2) is 4.98 Å². The van der Waals surface area contributed by atoms with E-state index in [0.717, 1.165) is 29.0 Å². The summed E-state index contributed by atoms with van der Waals surface area (Å²) in [5.74, 6) is 0.841. The molecule has 3 aromatic rings. The van der Waals surface area contributed by atoms with Crippen molar-refractivity contribution in [3.05, 3.63) is 64.2 Å². The first-order chi connectivity index (χ1) is 14.2. The molecule has 0 saturated carbocycles. The number of amides is 1. The predicted molar refractivity (Wildman–Crippen MR) is 108 cm³/mol. The molecule has 158 valence electrons. The van der Waals surface area contributed by atoms with Crippen molar-refractivity contribution in [3.63, 3.8) is 0 Å². The molecule has 0 fully saturated rings. The summed E-state index contributed by atoms with van der Waals surface area (Å²) in [6.45, 7) is 1.96. The number of rotatable bonds is 6. The molecule has 0 spiro atoms. The van der Waals surface area contributed by atoms with E-state index < -0.39 is 11.7 Å². The second kappa shape index (κ2) is 8.74. The number of nitrogens with zero attached hydrogens (tertiary/aromatic N) is 1. The van der Waals surface area contributed by atoms with Crippen LogP contribution in [0.1, 0.15) is 26.5 Å². The zero-order chi connectivity index (χ0) is 21.9. The van der Waals surface area contributed by atoms with E-state index in [2.05, 4.69) is 10.3 Å². The Morgan fingerprint density at radius 2 is 1.73 bits per heavy atom. The van der Waals surface area contributed by atoms with E-state index in [4.69, 9.17) is 9.47 Å². The summed E-state index contributed by atoms with van der Waals surface area (Å²) in [7, 11) is 3.07. The minimum atomic E-state index is -4.40. The van der Waals surface area contributed by atoms with Gasteiger partial charge in [0.2, 0.25) is 0 Å². The van der Waals surface area contributed by atoms with Gasteiger partial charge >= 0.3 is 6.18 Å². The van der Waals surface area contributed by atoms with E-state index in [1.54, 1.807) is 26.2 Å². The lowest BCUT2D eigenvalue weighted by Crippen LogP contribution is -2.22. The summed E-state index contributed by atoms with van der Waals surface area (Å²) < 4.78 is 48.6. The first-order valence-electron chi connectivity index (χ1n) is 8.87. The zero-order valence-corrected chi connectivity index (χ0v) is 17.3. The molecule has 1 amide bonds. The number of carbonyl (C=O) groups is 1. The van der Waals surface area contributed by atoms with Gasteiger partial charge in [-0.15, -0.1) is 11.3 Å². The molecule has 1 N–H and O–H groups in total. The number of nitrogens with one attached hydrogen (secondary N) is 1. The molecule has 0 unspecified atom stereocenters. The highest BCUT2D eigenvalue weighted by Gasteiger charge is 2.30. The first-order valence-corrected chi connectivity index (χ1v) is 9.68. The van der Waals surface area contributed by atoms with Gasteiger partial charge in [0.1, 0.15) is 9.88 Å². The third-order valence-electron chi connectivity index (χ3n) is 4.36. The molecule has 3 rings (SSSR count). The summed E-state index contributed by atoms with van der Waals surface area (Å²) >= 11 is 1.13. The van der Waals surface area contributed by atoms with Crippen molar-refractivity contribution in [3.8, 4) is 22.1 Å². The number of hydrogen-bond donors (Lipinski definition) is 1. The van der Waals surface area contributed by atoms with Gasteiger partial charge in [0, 0.05) is 12.1 Å². The summed E-state index contributed by atoms with van der Waals surface area (Å²) in [5, 5.41) is 3.31. The Hall–Kier alpha value is -3.07. The van der Waals surface area contributed by atoms with Crippen LogP contribution in [0.2, 0.25) is 0 Å².